The number of nitrogens with one attached hydrogen (secondary N) is 1. The van der Waals surface area contributed by atoms with E-state index in [0.29, 0.717) is 5.02 Å². The van der Waals surface area contributed by atoms with Crippen molar-refractivity contribution in [1.82, 2.24) is 10.3 Å². The van der Waals surface area contributed by atoms with Gasteiger partial charge in [0.05, 0.1) is 0 Å². The summed E-state index contributed by atoms with van der Waals surface area (Å²) < 4.78 is 13.4. The lowest BCUT2D eigenvalue weighted by Gasteiger charge is -2.19. The summed E-state index contributed by atoms with van der Waals surface area (Å²) in [6, 6.07) is 8.38. The van der Waals surface area contributed by atoms with Crippen LogP contribution < -0.4 is 5.32 Å². The molecular formula is C15H16ClFN2. The molecule has 0 spiro atoms. The SMILES string of the molecule is CCNC(Cc1ccncc1)c1cc(F)ccc1Cl. The first-order chi connectivity index (χ1) is 9.20. The number of hydrogen-bond donors (Lipinski definition) is 1. The molecule has 2 aromatic rings. The largest absolute Gasteiger partial charge is 0.310 e. The molecule has 1 N–H and O–H groups in total. The Morgan fingerprint density at radius 1 is 1.26 bits per heavy atom. The Bertz CT molecular complexity index is 531. The van der Waals surface area contributed by atoms with Gasteiger partial charge in [-0.25, -0.2) is 4.39 Å². The maximum absolute atomic E-state index is 13.4. The zero-order valence-corrected chi connectivity index (χ0v) is 11.5. The summed E-state index contributed by atoms with van der Waals surface area (Å²) in [5.74, 6) is -0.267. The predicted octanol–water partition coefficient (Wildman–Crippen LogP) is 3.77. The van der Waals surface area contributed by atoms with Crippen LogP contribution in [0.15, 0.2) is 42.7 Å². The number of aromatic nitrogens is 1. The highest BCUT2D eigenvalue weighted by atomic mass is 35.5. The number of pyridine rings is 1. The van der Waals surface area contributed by atoms with E-state index >= 15 is 0 Å². The first kappa shape index (κ1) is 14.0. The van der Waals surface area contributed by atoms with Crippen molar-refractivity contribution in [1.29, 1.82) is 0 Å². The van der Waals surface area contributed by atoms with Crippen LogP contribution in [0.3, 0.4) is 0 Å². The van der Waals surface area contributed by atoms with Gasteiger partial charge in [0, 0.05) is 23.5 Å². The molecule has 1 heterocycles. The fraction of sp³-hybridized carbons (Fsp3) is 0.267. The van der Waals surface area contributed by atoms with E-state index < -0.39 is 0 Å². The fourth-order valence-corrected chi connectivity index (χ4v) is 2.32. The normalized spacial score (nSPS) is 12.4. The van der Waals surface area contributed by atoms with Crippen molar-refractivity contribution < 1.29 is 4.39 Å². The molecule has 0 aliphatic heterocycles. The molecule has 0 radical (unpaired) electrons. The van der Waals surface area contributed by atoms with Crippen LogP contribution in [0.4, 0.5) is 4.39 Å². The Kier molecular flexibility index (Phi) is 4.88. The van der Waals surface area contributed by atoms with Gasteiger partial charge in [-0.15, -0.1) is 0 Å². The summed E-state index contributed by atoms with van der Waals surface area (Å²) in [5.41, 5.74) is 1.93. The number of rotatable bonds is 5. The van der Waals surface area contributed by atoms with Crippen molar-refractivity contribution >= 4 is 11.6 Å². The van der Waals surface area contributed by atoms with Gasteiger partial charge < -0.3 is 5.32 Å². The van der Waals surface area contributed by atoms with Crippen molar-refractivity contribution in [3.63, 3.8) is 0 Å². The van der Waals surface area contributed by atoms with Gasteiger partial charge in [-0.2, -0.15) is 0 Å². The maximum Gasteiger partial charge on any atom is 0.123 e. The van der Waals surface area contributed by atoms with E-state index in [1.807, 2.05) is 19.1 Å². The molecule has 0 aliphatic rings. The van der Waals surface area contributed by atoms with Crippen LogP contribution in [-0.2, 0) is 6.42 Å². The molecule has 2 nitrogen and oxygen atoms in total. The summed E-state index contributed by atoms with van der Waals surface area (Å²) >= 11 is 6.17. The van der Waals surface area contributed by atoms with E-state index in [9.17, 15) is 4.39 Å². The first-order valence-electron chi connectivity index (χ1n) is 6.28. The molecule has 100 valence electrons. The predicted molar refractivity (Wildman–Crippen MR) is 75.8 cm³/mol. The third kappa shape index (κ3) is 3.75. The molecular weight excluding hydrogens is 263 g/mol. The average molecular weight is 279 g/mol. The monoisotopic (exact) mass is 278 g/mol. The van der Waals surface area contributed by atoms with Crippen molar-refractivity contribution in [3.05, 3.63) is 64.7 Å². The Hall–Kier alpha value is -1.45. The molecule has 1 aromatic carbocycles. The number of benzene rings is 1. The minimum atomic E-state index is -0.267. The minimum Gasteiger partial charge on any atom is -0.310 e. The zero-order chi connectivity index (χ0) is 13.7. The Morgan fingerprint density at radius 3 is 2.68 bits per heavy atom. The van der Waals surface area contributed by atoms with Gasteiger partial charge in [0.1, 0.15) is 5.82 Å². The maximum atomic E-state index is 13.4. The van der Waals surface area contributed by atoms with Gasteiger partial charge in [-0.3, -0.25) is 4.98 Å². The molecule has 19 heavy (non-hydrogen) atoms. The van der Waals surface area contributed by atoms with Crippen molar-refractivity contribution in [2.45, 2.75) is 19.4 Å². The summed E-state index contributed by atoms with van der Waals surface area (Å²) in [5, 5.41) is 3.93. The van der Waals surface area contributed by atoms with E-state index in [0.717, 1.165) is 24.1 Å². The van der Waals surface area contributed by atoms with E-state index in [2.05, 4.69) is 10.3 Å². The second-order valence-corrected chi connectivity index (χ2v) is 4.74. The van der Waals surface area contributed by atoms with Crippen LogP contribution in [0.5, 0.6) is 0 Å². The van der Waals surface area contributed by atoms with Crippen molar-refractivity contribution in [2.75, 3.05) is 6.54 Å². The standard InChI is InChI=1S/C15H16ClFN2/c1-2-19-15(9-11-5-7-18-8-6-11)13-10-12(17)3-4-14(13)16/h3-8,10,15,19H,2,9H2,1H3. The van der Waals surface area contributed by atoms with Crippen molar-refractivity contribution in [3.8, 4) is 0 Å². The van der Waals surface area contributed by atoms with Crippen LogP contribution in [0, 0.1) is 5.82 Å². The second-order valence-electron chi connectivity index (χ2n) is 4.34. The summed E-state index contributed by atoms with van der Waals surface area (Å²) in [7, 11) is 0. The fourth-order valence-electron chi connectivity index (χ4n) is 2.07. The Morgan fingerprint density at radius 2 is 2.00 bits per heavy atom. The lowest BCUT2D eigenvalue weighted by atomic mass is 9.99. The zero-order valence-electron chi connectivity index (χ0n) is 10.7. The second kappa shape index (κ2) is 6.64. The minimum absolute atomic E-state index is 0.00407. The lowest BCUT2D eigenvalue weighted by Crippen LogP contribution is -2.23. The molecule has 0 saturated heterocycles. The van der Waals surface area contributed by atoms with Crippen LogP contribution in [0.2, 0.25) is 5.02 Å². The van der Waals surface area contributed by atoms with Gasteiger partial charge in [0.25, 0.3) is 0 Å². The quantitative estimate of drug-likeness (QED) is 0.901. The van der Waals surface area contributed by atoms with E-state index in [1.54, 1.807) is 18.5 Å². The van der Waals surface area contributed by atoms with Crippen LogP contribution in [0.1, 0.15) is 24.1 Å². The topological polar surface area (TPSA) is 24.9 Å². The highest BCUT2D eigenvalue weighted by Crippen LogP contribution is 2.26. The van der Waals surface area contributed by atoms with E-state index in [-0.39, 0.29) is 11.9 Å². The smallest absolute Gasteiger partial charge is 0.123 e. The number of likely N-dealkylation sites (N-methyl/N-ethyl adjacent to an activating group) is 1. The molecule has 0 saturated carbocycles. The molecule has 1 aromatic heterocycles. The van der Waals surface area contributed by atoms with Gasteiger partial charge in [-0.05, 0) is 54.4 Å². The summed E-state index contributed by atoms with van der Waals surface area (Å²) in [4.78, 5) is 4.00. The van der Waals surface area contributed by atoms with Crippen molar-refractivity contribution in [2.24, 2.45) is 0 Å². The molecule has 0 amide bonds. The average Bonchev–Trinajstić information content (AvgIpc) is 2.42. The number of hydrogen-bond acceptors (Lipinski definition) is 2. The van der Waals surface area contributed by atoms with Crippen LogP contribution in [0.25, 0.3) is 0 Å². The summed E-state index contributed by atoms with van der Waals surface area (Å²) in [6.07, 6.45) is 4.26. The molecule has 1 unspecified atom stereocenters. The molecule has 0 bridgehead atoms. The van der Waals surface area contributed by atoms with Crippen LogP contribution >= 0.6 is 11.6 Å². The Balaban J connectivity index is 2.27. The molecule has 4 heteroatoms. The third-order valence-electron chi connectivity index (χ3n) is 2.97. The summed E-state index contributed by atoms with van der Waals surface area (Å²) in [6.45, 7) is 2.81. The van der Waals surface area contributed by atoms with Crippen LogP contribution in [-0.4, -0.2) is 11.5 Å². The van der Waals surface area contributed by atoms with E-state index in [4.69, 9.17) is 11.6 Å². The molecule has 0 fully saturated rings. The Labute approximate surface area is 117 Å². The van der Waals surface area contributed by atoms with Gasteiger partial charge in [0.15, 0.2) is 0 Å². The van der Waals surface area contributed by atoms with Gasteiger partial charge in [0.2, 0.25) is 0 Å². The lowest BCUT2D eigenvalue weighted by molar-refractivity contribution is 0.542. The van der Waals surface area contributed by atoms with Gasteiger partial charge in [-0.1, -0.05) is 18.5 Å². The molecule has 2 rings (SSSR count). The number of halogens is 2. The first-order valence-corrected chi connectivity index (χ1v) is 6.65. The number of nitrogens with zero attached hydrogens (tertiary/aromatic N) is 1. The highest BCUT2D eigenvalue weighted by Gasteiger charge is 2.15. The van der Waals surface area contributed by atoms with E-state index in [1.165, 1.54) is 12.1 Å². The van der Waals surface area contributed by atoms with Gasteiger partial charge >= 0.3 is 0 Å². The third-order valence-corrected chi connectivity index (χ3v) is 3.32. The molecule has 0 aliphatic carbocycles. The highest BCUT2D eigenvalue weighted by molar-refractivity contribution is 6.31. The molecule has 1 atom stereocenters.